The van der Waals surface area contributed by atoms with E-state index in [1.165, 1.54) is 4.90 Å². The summed E-state index contributed by atoms with van der Waals surface area (Å²) in [5, 5.41) is 0. The molecule has 4 aliphatic carbocycles. The highest BCUT2D eigenvalue weighted by Gasteiger charge is 2.67. The molecule has 0 radical (unpaired) electrons. The Balaban J connectivity index is 1.35. The number of carbonyl (C=O) groups is 3. The average Bonchev–Trinajstić information content (AvgIpc) is 3.63. The van der Waals surface area contributed by atoms with Crippen molar-refractivity contribution in [1.82, 2.24) is 4.90 Å². The van der Waals surface area contributed by atoms with Crippen LogP contribution >= 0.6 is 0 Å². The fraction of sp³-hybridized carbons (Fsp3) is 0.370. The van der Waals surface area contributed by atoms with Crippen LogP contribution < -0.4 is 9.64 Å². The molecule has 3 amide bonds. The molecule has 0 aromatic heterocycles. The number of nitrogens with zero attached hydrogens (tertiary/aromatic N) is 2. The molecule has 0 spiro atoms. The Bertz CT molecular complexity index is 1170. The molecule has 5 aliphatic rings. The molecule has 6 heteroatoms. The van der Waals surface area contributed by atoms with Gasteiger partial charge in [-0.1, -0.05) is 36.4 Å². The van der Waals surface area contributed by atoms with Crippen molar-refractivity contribution in [2.24, 2.45) is 35.5 Å². The molecule has 33 heavy (non-hydrogen) atoms. The Morgan fingerprint density at radius 3 is 2.30 bits per heavy atom. The number of anilines is 1. The highest BCUT2D eigenvalue weighted by molar-refractivity contribution is 6.10. The molecule has 6 nitrogen and oxygen atoms in total. The number of rotatable bonds is 5. The van der Waals surface area contributed by atoms with E-state index in [1.54, 1.807) is 36.3 Å². The maximum absolute atomic E-state index is 13.7. The number of carbonyl (C=O) groups excluding carboxylic acids is 3. The summed E-state index contributed by atoms with van der Waals surface area (Å²) in [6.45, 7) is 1.84. The molecule has 2 bridgehead atoms. The molecular formula is C27H26N2O4. The number of likely N-dealkylation sites (tertiary alicyclic amines) is 1. The predicted octanol–water partition coefficient (Wildman–Crippen LogP) is 3.66. The van der Waals surface area contributed by atoms with Crippen LogP contribution in [0.15, 0.2) is 60.7 Å². The largest absolute Gasteiger partial charge is 0.497 e. The number of para-hydroxylation sites is 1. The maximum atomic E-state index is 13.7. The lowest BCUT2D eigenvalue weighted by Crippen LogP contribution is -2.45. The maximum Gasteiger partial charge on any atom is 0.259 e. The molecule has 1 heterocycles. The molecule has 2 aromatic rings. The topological polar surface area (TPSA) is 66.9 Å². The van der Waals surface area contributed by atoms with Crippen LogP contribution in [0, 0.1) is 42.4 Å². The summed E-state index contributed by atoms with van der Waals surface area (Å²) in [7, 11) is 1.55. The van der Waals surface area contributed by atoms with Gasteiger partial charge in [0, 0.05) is 11.3 Å². The molecule has 2 saturated carbocycles. The fourth-order valence-electron chi connectivity index (χ4n) is 6.33. The zero-order chi connectivity index (χ0) is 22.9. The lowest BCUT2D eigenvalue weighted by atomic mass is 9.63. The monoisotopic (exact) mass is 442 g/mol. The van der Waals surface area contributed by atoms with Gasteiger partial charge in [-0.05, 0) is 66.8 Å². The van der Waals surface area contributed by atoms with Gasteiger partial charge in [0.2, 0.25) is 11.8 Å². The fourth-order valence-corrected chi connectivity index (χ4v) is 6.33. The second kappa shape index (κ2) is 7.30. The molecule has 168 valence electrons. The lowest BCUT2D eigenvalue weighted by molar-refractivity contribution is -0.140. The smallest absolute Gasteiger partial charge is 0.259 e. The number of hydrogen-bond donors (Lipinski definition) is 0. The molecule has 0 N–H and O–H groups in total. The summed E-state index contributed by atoms with van der Waals surface area (Å²) >= 11 is 0. The summed E-state index contributed by atoms with van der Waals surface area (Å²) < 4.78 is 5.29. The number of ether oxygens (including phenoxy) is 1. The van der Waals surface area contributed by atoms with Gasteiger partial charge >= 0.3 is 0 Å². The molecule has 1 aliphatic heterocycles. The van der Waals surface area contributed by atoms with Crippen LogP contribution in [0.1, 0.15) is 22.3 Å². The van der Waals surface area contributed by atoms with E-state index >= 15 is 0 Å². The summed E-state index contributed by atoms with van der Waals surface area (Å²) in [5.41, 5.74) is 2.02. The van der Waals surface area contributed by atoms with E-state index < -0.39 is 0 Å². The Kier molecular flexibility index (Phi) is 4.47. The quantitative estimate of drug-likeness (QED) is 0.524. The van der Waals surface area contributed by atoms with Gasteiger partial charge < -0.3 is 4.74 Å². The van der Waals surface area contributed by atoms with Crippen LogP contribution in [0.4, 0.5) is 5.69 Å². The van der Waals surface area contributed by atoms with E-state index in [0.717, 1.165) is 12.0 Å². The molecule has 1 saturated heterocycles. The summed E-state index contributed by atoms with van der Waals surface area (Å²) in [4.78, 5) is 43.6. The van der Waals surface area contributed by atoms with Crippen molar-refractivity contribution in [3.63, 3.8) is 0 Å². The van der Waals surface area contributed by atoms with Crippen LogP contribution in [0.3, 0.4) is 0 Å². The second-order valence-corrected chi connectivity index (χ2v) is 9.65. The minimum absolute atomic E-state index is 0.0830. The Morgan fingerprint density at radius 2 is 1.67 bits per heavy atom. The number of amides is 3. The van der Waals surface area contributed by atoms with Gasteiger partial charge in [-0.25, -0.2) is 0 Å². The summed E-state index contributed by atoms with van der Waals surface area (Å²) in [6.07, 6.45) is 5.45. The van der Waals surface area contributed by atoms with Gasteiger partial charge in [-0.3, -0.25) is 24.2 Å². The van der Waals surface area contributed by atoms with Crippen molar-refractivity contribution in [2.45, 2.75) is 13.3 Å². The first kappa shape index (κ1) is 20.2. The van der Waals surface area contributed by atoms with Gasteiger partial charge in [-0.2, -0.15) is 0 Å². The molecular weight excluding hydrogens is 416 g/mol. The van der Waals surface area contributed by atoms with Gasteiger partial charge in [0.1, 0.15) is 12.4 Å². The van der Waals surface area contributed by atoms with Crippen LogP contribution in [-0.2, 0) is 9.59 Å². The van der Waals surface area contributed by atoms with Gasteiger partial charge in [-0.15, -0.1) is 0 Å². The van der Waals surface area contributed by atoms with Crippen molar-refractivity contribution in [3.05, 3.63) is 71.8 Å². The third-order valence-corrected chi connectivity index (χ3v) is 8.01. The lowest BCUT2D eigenvalue weighted by Gasteiger charge is -2.37. The SMILES string of the molecule is COc1cccc(C(=O)N(CN2C(=O)C3C4C=CC(C5CC45)C3C2=O)c2ccccc2C)c1. The van der Waals surface area contributed by atoms with E-state index in [0.29, 0.717) is 28.8 Å². The highest BCUT2D eigenvalue weighted by Crippen LogP contribution is 2.65. The number of imide groups is 1. The Labute approximate surface area is 192 Å². The summed E-state index contributed by atoms with van der Waals surface area (Å²) in [6, 6.07) is 14.5. The van der Waals surface area contributed by atoms with Crippen LogP contribution in [0.2, 0.25) is 0 Å². The van der Waals surface area contributed by atoms with Crippen LogP contribution in [0.5, 0.6) is 5.75 Å². The van der Waals surface area contributed by atoms with Gasteiger partial charge in [0.05, 0.1) is 18.9 Å². The second-order valence-electron chi connectivity index (χ2n) is 9.65. The zero-order valence-electron chi connectivity index (χ0n) is 18.7. The third kappa shape index (κ3) is 2.96. The molecule has 2 aromatic carbocycles. The first-order valence-corrected chi connectivity index (χ1v) is 11.5. The molecule has 6 atom stereocenters. The molecule has 6 unspecified atom stereocenters. The minimum atomic E-state index is -0.276. The van der Waals surface area contributed by atoms with E-state index in [9.17, 15) is 14.4 Å². The minimum Gasteiger partial charge on any atom is -0.497 e. The van der Waals surface area contributed by atoms with Crippen molar-refractivity contribution in [1.29, 1.82) is 0 Å². The van der Waals surface area contributed by atoms with Crippen LogP contribution in [0.25, 0.3) is 0 Å². The van der Waals surface area contributed by atoms with E-state index in [2.05, 4.69) is 12.2 Å². The molecule has 7 rings (SSSR count). The highest BCUT2D eigenvalue weighted by atomic mass is 16.5. The van der Waals surface area contributed by atoms with Gasteiger partial charge in [0.25, 0.3) is 5.91 Å². The zero-order valence-corrected chi connectivity index (χ0v) is 18.7. The molecule has 3 fully saturated rings. The Hall–Kier alpha value is -3.41. The first-order valence-electron chi connectivity index (χ1n) is 11.5. The van der Waals surface area contributed by atoms with E-state index in [4.69, 9.17) is 4.74 Å². The van der Waals surface area contributed by atoms with Crippen molar-refractivity contribution >= 4 is 23.4 Å². The number of aryl methyl sites for hydroxylation is 1. The van der Waals surface area contributed by atoms with Crippen molar-refractivity contribution in [3.8, 4) is 5.75 Å². The van der Waals surface area contributed by atoms with Gasteiger partial charge in [0.15, 0.2) is 0 Å². The normalized spacial score (nSPS) is 30.8. The Morgan fingerprint density at radius 1 is 1.00 bits per heavy atom. The number of hydrogen-bond acceptors (Lipinski definition) is 4. The average molecular weight is 443 g/mol. The van der Waals surface area contributed by atoms with E-state index in [1.807, 2.05) is 31.2 Å². The van der Waals surface area contributed by atoms with Crippen molar-refractivity contribution in [2.75, 3.05) is 18.7 Å². The van der Waals surface area contributed by atoms with E-state index in [-0.39, 0.29) is 48.1 Å². The summed E-state index contributed by atoms with van der Waals surface area (Å²) in [5.74, 6) is 0.893. The first-order chi connectivity index (χ1) is 16.0. The number of methoxy groups -OCH3 is 1. The standard InChI is InChI=1S/C27H26N2O4/c1-15-6-3-4-9-22(15)28(25(30)16-7-5-8-17(12-16)33-2)14-29-26(31)23-18-10-11-19(21-13-20(18)21)24(23)27(29)32/h3-12,18-21,23-24H,13-14H2,1-2H3. The number of allylic oxidation sites excluding steroid dienone is 2. The predicted molar refractivity (Wildman–Crippen MR) is 122 cm³/mol. The van der Waals surface area contributed by atoms with Crippen LogP contribution in [-0.4, -0.2) is 36.4 Å². The third-order valence-electron chi connectivity index (χ3n) is 8.01. The van der Waals surface area contributed by atoms with Crippen molar-refractivity contribution < 1.29 is 19.1 Å². The number of benzene rings is 2.